The maximum absolute atomic E-state index is 9.31. The molecule has 0 fully saturated rings. The number of benzene rings is 2. The van der Waals surface area contributed by atoms with Gasteiger partial charge in [-0.05, 0) is 35.2 Å². The summed E-state index contributed by atoms with van der Waals surface area (Å²) in [6, 6.07) is 15.5. The maximum Gasteiger partial charge on any atom is 0.118 e. The molecular weight excluding hydrogens is 238 g/mol. The Bertz CT molecular complexity index is 523. The van der Waals surface area contributed by atoms with Crippen molar-refractivity contribution < 1.29 is 9.84 Å². The smallest absolute Gasteiger partial charge is 0.118 e. The van der Waals surface area contributed by atoms with E-state index < -0.39 is 0 Å². The van der Waals surface area contributed by atoms with E-state index in [2.05, 4.69) is 0 Å². The van der Waals surface area contributed by atoms with E-state index in [4.69, 9.17) is 10.5 Å². The van der Waals surface area contributed by atoms with E-state index in [0.29, 0.717) is 6.42 Å². The number of methoxy groups -OCH3 is 1. The molecule has 0 spiro atoms. The van der Waals surface area contributed by atoms with Crippen molar-refractivity contribution in [2.24, 2.45) is 5.73 Å². The summed E-state index contributed by atoms with van der Waals surface area (Å²) in [5, 5.41) is 9.31. The second kappa shape index (κ2) is 6.36. The third-order valence-electron chi connectivity index (χ3n) is 3.27. The van der Waals surface area contributed by atoms with Crippen molar-refractivity contribution in [3.05, 3.63) is 65.2 Å². The van der Waals surface area contributed by atoms with Crippen LogP contribution in [0.4, 0.5) is 0 Å². The lowest BCUT2D eigenvalue weighted by Crippen LogP contribution is -2.14. The molecule has 0 saturated carbocycles. The predicted molar refractivity (Wildman–Crippen MR) is 76.0 cm³/mol. The molecular formula is C16H19NO2. The van der Waals surface area contributed by atoms with E-state index in [1.54, 1.807) is 7.11 Å². The van der Waals surface area contributed by atoms with Gasteiger partial charge < -0.3 is 15.6 Å². The highest BCUT2D eigenvalue weighted by Crippen LogP contribution is 2.21. The SMILES string of the molecule is COc1ccc([C@H](N)Cc2ccccc2CO)cc1. The van der Waals surface area contributed by atoms with Crippen LogP contribution >= 0.6 is 0 Å². The standard InChI is InChI=1S/C16H19NO2/c1-19-15-8-6-12(7-9-15)16(17)10-13-4-2-3-5-14(13)11-18/h2-9,16,18H,10-11,17H2,1H3/t16-/m1/s1. The minimum atomic E-state index is -0.0846. The first kappa shape index (κ1) is 13.6. The zero-order valence-electron chi connectivity index (χ0n) is 11.0. The zero-order valence-corrected chi connectivity index (χ0v) is 11.0. The molecule has 0 aliphatic carbocycles. The van der Waals surface area contributed by atoms with Crippen LogP contribution in [-0.4, -0.2) is 12.2 Å². The number of nitrogens with two attached hydrogens (primary N) is 1. The van der Waals surface area contributed by atoms with Gasteiger partial charge in [-0.1, -0.05) is 36.4 Å². The minimum Gasteiger partial charge on any atom is -0.497 e. The summed E-state index contributed by atoms with van der Waals surface area (Å²) in [5.74, 6) is 0.826. The number of hydrogen-bond acceptors (Lipinski definition) is 3. The molecule has 19 heavy (non-hydrogen) atoms. The first-order chi connectivity index (χ1) is 9.24. The van der Waals surface area contributed by atoms with E-state index in [0.717, 1.165) is 22.4 Å². The van der Waals surface area contributed by atoms with Crippen molar-refractivity contribution in [2.75, 3.05) is 7.11 Å². The Morgan fingerprint density at radius 2 is 1.68 bits per heavy atom. The highest BCUT2D eigenvalue weighted by atomic mass is 16.5. The second-order valence-corrected chi connectivity index (χ2v) is 4.51. The topological polar surface area (TPSA) is 55.5 Å². The van der Waals surface area contributed by atoms with Gasteiger partial charge >= 0.3 is 0 Å². The van der Waals surface area contributed by atoms with Crippen LogP contribution in [0.15, 0.2) is 48.5 Å². The summed E-state index contributed by atoms with van der Waals surface area (Å²) in [6.07, 6.45) is 0.711. The van der Waals surface area contributed by atoms with Gasteiger partial charge in [-0.25, -0.2) is 0 Å². The molecule has 0 aliphatic heterocycles. The lowest BCUT2D eigenvalue weighted by Gasteiger charge is -2.15. The van der Waals surface area contributed by atoms with Crippen LogP contribution in [0.1, 0.15) is 22.7 Å². The molecule has 0 bridgehead atoms. The Hall–Kier alpha value is -1.84. The van der Waals surface area contributed by atoms with E-state index in [1.807, 2.05) is 48.5 Å². The summed E-state index contributed by atoms with van der Waals surface area (Å²) in [5.41, 5.74) is 9.31. The molecule has 2 aromatic rings. The highest BCUT2D eigenvalue weighted by Gasteiger charge is 2.09. The Balaban J connectivity index is 2.13. The summed E-state index contributed by atoms with van der Waals surface area (Å²) in [4.78, 5) is 0. The molecule has 0 aliphatic rings. The third-order valence-corrected chi connectivity index (χ3v) is 3.27. The van der Waals surface area contributed by atoms with Crippen molar-refractivity contribution in [3.63, 3.8) is 0 Å². The maximum atomic E-state index is 9.31. The van der Waals surface area contributed by atoms with Crippen molar-refractivity contribution in [1.29, 1.82) is 0 Å². The largest absolute Gasteiger partial charge is 0.497 e. The fourth-order valence-electron chi connectivity index (χ4n) is 2.12. The second-order valence-electron chi connectivity index (χ2n) is 4.51. The molecule has 100 valence electrons. The molecule has 2 rings (SSSR count). The number of rotatable bonds is 5. The third kappa shape index (κ3) is 3.34. The van der Waals surface area contributed by atoms with Crippen LogP contribution < -0.4 is 10.5 Å². The van der Waals surface area contributed by atoms with Gasteiger partial charge in [-0.15, -0.1) is 0 Å². The first-order valence-corrected chi connectivity index (χ1v) is 6.31. The summed E-state index contributed by atoms with van der Waals surface area (Å²) < 4.78 is 5.13. The van der Waals surface area contributed by atoms with Crippen LogP contribution in [0.5, 0.6) is 5.75 Å². The van der Waals surface area contributed by atoms with Gasteiger partial charge in [0.05, 0.1) is 13.7 Å². The molecule has 2 aromatic carbocycles. The molecule has 3 nitrogen and oxygen atoms in total. The number of aliphatic hydroxyl groups is 1. The number of ether oxygens (including phenoxy) is 1. The van der Waals surface area contributed by atoms with Crippen molar-refractivity contribution in [2.45, 2.75) is 19.1 Å². The Labute approximate surface area is 113 Å². The fourth-order valence-corrected chi connectivity index (χ4v) is 2.12. The van der Waals surface area contributed by atoms with Crippen LogP contribution in [0.3, 0.4) is 0 Å². The molecule has 0 heterocycles. The molecule has 0 aromatic heterocycles. The lowest BCUT2D eigenvalue weighted by atomic mass is 9.96. The summed E-state index contributed by atoms with van der Waals surface area (Å²) in [7, 11) is 1.65. The summed E-state index contributed by atoms with van der Waals surface area (Å²) >= 11 is 0. The molecule has 3 heteroatoms. The molecule has 0 unspecified atom stereocenters. The zero-order chi connectivity index (χ0) is 13.7. The predicted octanol–water partition coefficient (Wildman–Crippen LogP) is 2.43. The quantitative estimate of drug-likeness (QED) is 0.865. The first-order valence-electron chi connectivity index (χ1n) is 6.31. The minimum absolute atomic E-state index is 0.0471. The van der Waals surface area contributed by atoms with Crippen molar-refractivity contribution in [1.82, 2.24) is 0 Å². The number of aliphatic hydroxyl groups excluding tert-OH is 1. The summed E-state index contributed by atoms with van der Waals surface area (Å²) in [6.45, 7) is 0.0471. The normalized spacial score (nSPS) is 12.2. The van der Waals surface area contributed by atoms with Crippen molar-refractivity contribution in [3.8, 4) is 5.75 Å². The van der Waals surface area contributed by atoms with Gasteiger partial charge in [0.2, 0.25) is 0 Å². The van der Waals surface area contributed by atoms with Gasteiger partial charge in [0, 0.05) is 6.04 Å². The lowest BCUT2D eigenvalue weighted by molar-refractivity contribution is 0.280. The van der Waals surface area contributed by atoms with E-state index in [9.17, 15) is 5.11 Å². The number of hydrogen-bond donors (Lipinski definition) is 2. The fraction of sp³-hybridized carbons (Fsp3) is 0.250. The van der Waals surface area contributed by atoms with Gasteiger partial charge in [0.15, 0.2) is 0 Å². The highest BCUT2D eigenvalue weighted by molar-refractivity contribution is 5.32. The van der Waals surface area contributed by atoms with Crippen LogP contribution in [0.25, 0.3) is 0 Å². The average Bonchev–Trinajstić information content (AvgIpc) is 2.48. The van der Waals surface area contributed by atoms with Gasteiger partial charge in [-0.3, -0.25) is 0 Å². The molecule has 3 N–H and O–H groups in total. The van der Waals surface area contributed by atoms with Crippen molar-refractivity contribution >= 4 is 0 Å². The van der Waals surface area contributed by atoms with Crippen LogP contribution in [0, 0.1) is 0 Å². The molecule has 1 atom stereocenters. The van der Waals surface area contributed by atoms with Gasteiger partial charge in [0.1, 0.15) is 5.75 Å². The molecule has 0 saturated heterocycles. The Kier molecular flexibility index (Phi) is 4.55. The van der Waals surface area contributed by atoms with E-state index in [-0.39, 0.29) is 12.6 Å². The van der Waals surface area contributed by atoms with Crippen LogP contribution in [-0.2, 0) is 13.0 Å². The molecule has 0 radical (unpaired) electrons. The molecule has 0 amide bonds. The average molecular weight is 257 g/mol. The van der Waals surface area contributed by atoms with Gasteiger partial charge in [0.25, 0.3) is 0 Å². The van der Waals surface area contributed by atoms with Crippen LogP contribution in [0.2, 0.25) is 0 Å². The van der Waals surface area contributed by atoms with E-state index >= 15 is 0 Å². The van der Waals surface area contributed by atoms with Gasteiger partial charge in [-0.2, -0.15) is 0 Å². The Morgan fingerprint density at radius 3 is 2.26 bits per heavy atom. The Morgan fingerprint density at radius 1 is 1.05 bits per heavy atom. The monoisotopic (exact) mass is 257 g/mol. The van der Waals surface area contributed by atoms with E-state index in [1.165, 1.54) is 0 Å².